The van der Waals surface area contributed by atoms with Gasteiger partial charge in [0.25, 0.3) is 5.91 Å². The molecule has 1 aromatic heterocycles. The van der Waals surface area contributed by atoms with Gasteiger partial charge in [0.2, 0.25) is 0 Å². The Hall–Kier alpha value is -0.430. The molecule has 2 rings (SSSR count). The molecular weight excluding hydrogens is 330 g/mol. The number of ether oxygens (including phenoxy) is 1. The second kappa shape index (κ2) is 6.83. The van der Waals surface area contributed by atoms with E-state index >= 15 is 0 Å². The summed E-state index contributed by atoms with van der Waals surface area (Å²) in [6, 6.07) is 1.94. The molecule has 0 aromatic carbocycles. The second-order valence-electron chi connectivity index (χ2n) is 4.65. The van der Waals surface area contributed by atoms with Gasteiger partial charge in [-0.05, 0) is 47.3 Å². The molecule has 0 spiro atoms. The van der Waals surface area contributed by atoms with Gasteiger partial charge in [-0.15, -0.1) is 11.3 Å². The topological polar surface area (TPSA) is 49.8 Å². The zero-order valence-corrected chi connectivity index (χ0v) is 13.3. The molecule has 0 unspecified atom stereocenters. The number of aryl methyl sites for hydroxylation is 1. The van der Waals surface area contributed by atoms with Crippen molar-refractivity contribution in [3.8, 4) is 0 Å². The Labute approximate surface area is 125 Å². The summed E-state index contributed by atoms with van der Waals surface area (Å²) < 4.78 is 6.52. The van der Waals surface area contributed by atoms with Crippen molar-refractivity contribution < 1.29 is 14.6 Å². The van der Waals surface area contributed by atoms with Gasteiger partial charge in [-0.25, -0.2) is 0 Å². The Bertz CT molecular complexity index is 422. The first kappa shape index (κ1) is 15.0. The summed E-state index contributed by atoms with van der Waals surface area (Å²) in [7, 11) is 0. The zero-order valence-electron chi connectivity index (χ0n) is 10.9. The number of likely N-dealkylation sites (tertiary alicyclic amines) is 1. The minimum atomic E-state index is 0.0572. The zero-order chi connectivity index (χ0) is 13.8. The molecule has 0 saturated carbocycles. The average molecular weight is 348 g/mol. The van der Waals surface area contributed by atoms with Crippen molar-refractivity contribution in [2.75, 3.05) is 26.3 Å². The largest absolute Gasteiger partial charge is 0.394 e. The van der Waals surface area contributed by atoms with Crippen molar-refractivity contribution in [2.24, 2.45) is 0 Å². The highest BCUT2D eigenvalue weighted by Crippen LogP contribution is 2.29. The number of carbonyl (C=O) groups is 1. The highest BCUT2D eigenvalue weighted by atomic mass is 79.9. The summed E-state index contributed by atoms with van der Waals surface area (Å²) >= 11 is 4.94. The van der Waals surface area contributed by atoms with E-state index in [4.69, 9.17) is 9.84 Å². The van der Waals surface area contributed by atoms with Crippen LogP contribution in [-0.4, -0.2) is 48.3 Å². The van der Waals surface area contributed by atoms with Crippen LogP contribution in [0.2, 0.25) is 0 Å². The number of amides is 1. The number of carbonyl (C=O) groups excluding carboxylic acids is 1. The summed E-state index contributed by atoms with van der Waals surface area (Å²) in [5, 5.41) is 8.72. The first-order valence-corrected chi connectivity index (χ1v) is 8.00. The Morgan fingerprint density at radius 2 is 2.26 bits per heavy atom. The van der Waals surface area contributed by atoms with E-state index in [1.807, 2.05) is 17.9 Å². The van der Waals surface area contributed by atoms with Gasteiger partial charge in [0.15, 0.2) is 0 Å². The molecule has 6 heteroatoms. The van der Waals surface area contributed by atoms with Crippen molar-refractivity contribution in [2.45, 2.75) is 25.9 Å². The molecule has 1 aromatic rings. The van der Waals surface area contributed by atoms with Gasteiger partial charge in [-0.3, -0.25) is 4.79 Å². The van der Waals surface area contributed by atoms with Crippen LogP contribution in [0.1, 0.15) is 28.1 Å². The highest BCUT2D eigenvalue weighted by molar-refractivity contribution is 9.11. The molecule has 1 amide bonds. The standard InChI is InChI=1S/C13H18BrNO3S/c1-9-8-11(19-12(9)14)13(17)15-4-2-10(3-5-15)18-7-6-16/h8,10,16H,2-7H2,1H3. The van der Waals surface area contributed by atoms with Crippen LogP contribution in [0.5, 0.6) is 0 Å². The lowest BCUT2D eigenvalue weighted by molar-refractivity contribution is -0.00545. The van der Waals surface area contributed by atoms with Gasteiger partial charge in [-0.1, -0.05) is 0 Å². The van der Waals surface area contributed by atoms with Crippen LogP contribution in [-0.2, 0) is 4.74 Å². The molecule has 0 radical (unpaired) electrons. The number of nitrogens with zero attached hydrogens (tertiary/aromatic N) is 1. The average Bonchev–Trinajstić information content (AvgIpc) is 2.76. The fourth-order valence-electron chi connectivity index (χ4n) is 2.17. The molecule has 1 fully saturated rings. The van der Waals surface area contributed by atoms with Crippen LogP contribution in [0.25, 0.3) is 0 Å². The van der Waals surface area contributed by atoms with Crippen LogP contribution in [0.3, 0.4) is 0 Å². The third kappa shape index (κ3) is 3.78. The van der Waals surface area contributed by atoms with Gasteiger partial charge in [0.1, 0.15) is 0 Å². The molecule has 2 heterocycles. The molecular formula is C13H18BrNO3S. The molecule has 19 heavy (non-hydrogen) atoms. The van der Waals surface area contributed by atoms with Crippen LogP contribution in [0.4, 0.5) is 0 Å². The van der Waals surface area contributed by atoms with Crippen molar-refractivity contribution in [3.05, 3.63) is 20.3 Å². The van der Waals surface area contributed by atoms with Crippen LogP contribution in [0.15, 0.2) is 9.85 Å². The molecule has 1 saturated heterocycles. The van der Waals surface area contributed by atoms with Gasteiger partial charge in [0, 0.05) is 13.1 Å². The quantitative estimate of drug-likeness (QED) is 0.909. The summed E-state index contributed by atoms with van der Waals surface area (Å²) in [5.41, 5.74) is 1.11. The van der Waals surface area contributed by atoms with Gasteiger partial charge in [-0.2, -0.15) is 0 Å². The lowest BCUT2D eigenvalue weighted by Crippen LogP contribution is -2.40. The summed E-state index contributed by atoms with van der Waals surface area (Å²) in [5.74, 6) is 0.111. The SMILES string of the molecule is Cc1cc(C(=O)N2CCC(OCCO)CC2)sc1Br. The lowest BCUT2D eigenvalue weighted by atomic mass is 10.1. The fraction of sp³-hybridized carbons (Fsp3) is 0.615. The van der Waals surface area contributed by atoms with Crippen molar-refractivity contribution in [3.63, 3.8) is 0 Å². The number of thiophene rings is 1. The molecule has 106 valence electrons. The number of hydrogen-bond donors (Lipinski definition) is 1. The number of aliphatic hydroxyl groups excluding tert-OH is 1. The Kier molecular flexibility index (Phi) is 5.38. The van der Waals surface area contributed by atoms with Crippen molar-refractivity contribution >= 4 is 33.2 Å². The van der Waals surface area contributed by atoms with Gasteiger partial charge >= 0.3 is 0 Å². The smallest absolute Gasteiger partial charge is 0.263 e. The van der Waals surface area contributed by atoms with E-state index in [1.165, 1.54) is 11.3 Å². The molecule has 0 aliphatic carbocycles. The number of rotatable bonds is 4. The molecule has 4 nitrogen and oxygen atoms in total. The van der Waals surface area contributed by atoms with Gasteiger partial charge < -0.3 is 14.7 Å². The first-order chi connectivity index (χ1) is 9.11. The summed E-state index contributed by atoms with van der Waals surface area (Å²) in [6.07, 6.45) is 1.86. The number of piperidine rings is 1. The summed E-state index contributed by atoms with van der Waals surface area (Å²) in [4.78, 5) is 15.0. The maximum Gasteiger partial charge on any atom is 0.263 e. The molecule has 1 N–H and O–H groups in total. The highest BCUT2D eigenvalue weighted by Gasteiger charge is 2.25. The van der Waals surface area contributed by atoms with E-state index in [2.05, 4.69) is 15.9 Å². The third-order valence-corrected chi connectivity index (χ3v) is 5.37. The Balaban J connectivity index is 1.89. The number of aliphatic hydroxyl groups is 1. The molecule has 0 atom stereocenters. The number of halogens is 1. The Morgan fingerprint density at radius 3 is 2.79 bits per heavy atom. The minimum absolute atomic E-state index is 0.0572. The van der Waals surface area contributed by atoms with Crippen molar-refractivity contribution in [1.82, 2.24) is 4.90 Å². The van der Waals surface area contributed by atoms with Crippen LogP contribution in [0, 0.1) is 6.92 Å². The Morgan fingerprint density at radius 1 is 1.58 bits per heavy atom. The first-order valence-electron chi connectivity index (χ1n) is 6.39. The lowest BCUT2D eigenvalue weighted by Gasteiger charge is -2.31. The van der Waals surface area contributed by atoms with E-state index in [0.29, 0.717) is 6.61 Å². The summed E-state index contributed by atoms with van der Waals surface area (Å²) in [6.45, 7) is 3.89. The van der Waals surface area contributed by atoms with E-state index in [1.54, 1.807) is 0 Å². The molecule has 0 bridgehead atoms. The van der Waals surface area contributed by atoms with E-state index in [0.717, 1.165) is 40.2 Å². The van der Waals surface area contributed by atoms with E-state index in [9.17, 15) is 4.79 Å². The number of hydrogen-bond acceptors (Lipinski definition) is 4. The van der Waals surface area contributed by atoms with Crippen LogP contribution >= 0.6 is 27.3 Å². The predicted octanol–water partition coefficient (Wildman–Crippen LogP) is 2.43. The third-order valence-electron chi connectivity index (χ3n) is 3.24. The second-order valence-corrected chi connectivity index (χ2v) is 7.02. The fourth-order valence-corrected chi connectivity index (χ4v) is 3.67. The maximum absolute atomic E-state index is 12.3. The predicted molar refractivity (Wildman–Crippen MR) is 78.7 cm³/mol. The van der Waals surface area contributed by atoms with E-state index in [-0.39, 0.29) is 18.6 Å². The van der Waals surface area contributed by atoms with Gasteiger partial charge in [0.05, 0.1) is 28.0 Å². The maximum atomic E-state index is 12.3. The molecule has 1 aliphatic rings. The minimum Gasteiger partial charge on any atom is -0.394 e. The molecule has 1 aliphatic heterocycles. The van der Waals surface area contributed by atoms with Crippen molar-refractivity contribution in [1.29, 1.82) is 0 Å². The van der Waals surface area contributed by atoms with Crippen LogP contribution < -0.4 is 0 Å². The monoisotopic (exact) mass is 347 g/mol. The van der Waals surface area contributed by atoms with E-state index < -0.39 is 0 Å². The normalized spacial score (nSPS) is 16.9.